The first-order valence-corrected chi connectivity index (χ1v) is 6.46. The molecule has 2 N–H and O–H groups in total. The fraction of sp³-hybridized carbons (Fsp3) is 0.500. The third-order valence-electron chi connectivity index (χ3n) is 1.70. The van der Waals surface area contributed by atoms with Crippen molar-refractivity contribution in [3.8, 4) is 0 Å². The van der Waals surface area contributed by atoms with Crippen molar-refractivity contribution >= 4 is 38.2 Å². The summed E-state index contributed by atoms with van der Waals surface area (Å²) in [5.41, 5.74) is 5.41. The Morgan fingerprint density at radius 3 is 2.46 bits per heavy atom. The lowest BCUT2D eigenvalue weighted by molar-refractivity contribution is 0.383. The third-order valence-corrected chi connectivity index (χ3v) is 4.28. The van der Waals surface area contributed by atoms with Gasteiger partial charge in [0, 0.05) is 6.26 Å². The Balaban J connectivity index is 3.17. The lowest BCUT2D eigenvalue weighted by atomic mass is 10.3. The molecule has 1 atom stereocenters. The Hall–Kier alpha value is -0.310. The summed E-state index contributed by atoms with van der Waals surface area (Å²) in [5, 5.41) is 2.78. The number of halogens is 1. The summed E-state index contributed by atoms with van der Waals surface area (Å²) >= 11 is 1.91. The van der Waals surface area contributed by atoms with Gasteiger partial charge in [0.2, 0.25) is 0 Å². The molecule has 1 aromatic heterocycles. The Morgan fingerprint density at radius 1 is 1.62 bits per heavy atom. The van der Waals surface area contributed by atoms with Gasteiger partial charge >= 0.3 is 0 Å². The molecular formula is C6H9IN2O3S. The predicted octanol–water partition coefficient (Wildman–Crippen LogP) is 0.967. The minimum atomic E-state index is -3.16. The molecule has 0 fully saturated rings. The van der Waals surface area contributed by atoms with Crippen molar-refractivity contribution in [1.29, 1.82) is 0 Å². The zero-order valence-electron chi connectivity index (χ0n) is 7.11. The molecule has 0 radical (unpaired) electrons. The van der Waals surface area contributed by atoms with E-state index in [4.69, 9.17) is 10.3 Å². The zero-order chi connectivity index (χ0) is 10.2. The predicted molar refractivity (Wildman–Crippen MR) is 56.9 cm³/mol. The molecular weight excluding hydrogens is 307 g/mol. The van der Waals surface area contributed by atoms with E-state index in [1.165, 1.54) is 6.92 Å². The highest BCUT2D eigenvalue weighted by atomic mass is 127. The van der Waals surface area contributed by atoms with Crippen molar-refractivity contribution in [1.82, 2.24) is 5.16 Å². The quantitative estimate of drug-likeness (QED) is 0.822. The largest absolute Gasteiger partial charge is 0.380 e. The van der Waals surface area contributed by atoms with E-state index in [2.05, 4.69) is 5.16 Å². The second-order valence-corrected chi connectivity index (χ2v) is 6.16. The van der Waals surface area contributed by atoms with Gasteiger partial charge in [-0.2, -0.15) is 0 Å². The molecule has 0 saturated heterocycles. The molecule has 0 spiro atoms. The first-order valence-electron chi connectivity index (χ1n) is 3.43. The number of nitrogens with two attached hydrogens (primary N) is 1. The molecule has 13 heavy (non-hydrogen) atoms. The van der Waals surface area contributed by atoms with Crippen molar-refractivity contribution in [3.05, 3.63) is 9.33 Å². The van der Waals surface area contributed by atoms with Crippen molar-refractivity contribution < 1.29 is 12.9 Å². The topological polar surface area (TPSA) is 86.2 Å². The molecule has 0 aromatic carbocycles. The standard InChI is InChI=1S/C6H9IN2O3S/c1-3(13(2,10)11)5-4(7)6(8)9-12-5/h3H,1-2H3,(H2,8,9). The van der Waals surface area contributed by atoms with Crippen LogP contribution in [0.5, 0.6) is 0 Å². The minimum absolute atomic E-state index is 0.228. The van der Waals surface area contributed by atoms with Gasteiger partial charge in [0.1, 0.15) is 8.82 Å². The maximum absolute atomic E-state index is 11.2. The van der Waals surface area contributed by atoms with Crippen LogP contribution in [0, 0.1) is 3.57 Å². The highest BCUT2D eigenvalue weighted by molar-refractivity contribution is 14.1. The number of nitrogens with zero attached hydrogens (tertiary/aromatic N) is 1. The van der Waals surface area contributed by atoms with Gasteiger partial charge < -0.3 is 10.3 Å². The molecule has 1 aromatic rings. The van der Waals surface area contributed by atoms with E-state index >= 15 is 0 Å². The average molecular weight is 316 g/mol. The maximum atomic E-state index is 11.2. The van der Waals surface area contributed by atoms with E-state index in [1.807, 2.05) is 22.6 Å². The number of hydrogen-bond acceptors (Lipinski definition) is 5. The van der Waals surface area contributed by atoms with Gasteiger partial charge in [-0.3, -0.25) is 0 Å². The summed E-state index contributed by atoms with van der Waals surface area (Å²) < 4.78 is 27.7. The monoisotopic (exact) mass is 316 g/mol. The summed E-state index contributed by atoms with van der Waals surface area (Å²) in [6.45, 7) is 1.54. The van der Waals surface area contributed by atoms with E-state index < -0.39 is 15.1 Å². The summed E-state index contributed by atoms with van der Waals surface area (Å²) in [6.07, 6.45) is 1.15. The van der Waals surface area contributed by atoms with E-state index in [0.29, 0.717) is 9.33 Å². The van der Waals surface area contributed by atoms with Gasteiger partial charge in [-0.1, -0.05) is 5.16 Å². The molecule has 1 heterocycles. The fourth-order valence-electron chi connectivity index (χ4n) is 0.752. The van der Waals surface area contributed by atoms with Gasteiger partial charge in [0.25, 0.3) is 0 Å². The summed E-state index contributed by atoms with van der Waals surface area (Å²) in [7, 11) is -3.16. The Kier molecular flexibility index (Phi) is 2.85. The van der Waals surface area contributed by atoms with Crippen LogP contribution in [0.4, 0.5) is 5.82 Å². The first-order chi connectivity index (χ1) is 5.84. The summed E-state index contributed by atoms with van der Waals surface area (Å²) in [6, 6.07) is 0. The molecule has 0 aliphatic heterocycles. The average Bonchev–Trinajstić information content (AvgIpc) is 2.30. The highest BCUT2D eigenvalue weighted by Gasteiger charge is 2.25. The molecule has 1 unspecified atom stereocenters. The van der Waals surface area contributed by atoms with Crippen molar-refractivity contribution in [2.24, 2.45) is 0 Å². The molecule has 0 aliphatic rings. The van der Waals surface area contributed by atoms with E-state index in [-0.39, 0.29) is 5.82 Å². The second-order valence-electron chi connectivity index (χ2n) is 2.72. The number of nitrogen functional groups attached to an aromatic ring is 1. The zero-order valence-corrected chi connectivity index (χ0v) is 10.1. The molecule has 74 valence electrons. The van der Waals surface area contributed by atoms with Gasteiger partial charge in [-0.15, -0.1) is 0 Å². The van der Waals surface area contributed by atoms with Gasteiger partial charge in [-0.05, 0) is 29.5 Å². The number of hydrogen-bond donors (Lipinski definition) is 1. The minimum Gasteiger partial charge on any atom is -0.380 e. The molecule has 1 rings (SSSR count). The van der Waals surface area contributed by atoms with Crippen molar-refractivity contribution in [2.75, 3.05) is 12.0 Å². The van der Waals surface area contributed by atoms with Crippen LogP contribution < -0.4 is 5.73 Å². The molecule has 5 nitrogen and oxygen atoms in total. The molecule has 7 heteroatoms. The van der Waals surface area contributed by atoms with Crippen molar-refractivity contribution in [3.63, 3.8) is 0 Å². The van der Waals surface area contributed by atoms with Crippen LogP contribution in [0.2, 0.25) is 0 Å². The first kappa shape index (κ1) is 10.8. The number of anilines is 1. The highest BCUT2D eigenvalue weighted by Crippen LogP contribution is 2.28. The molecule has 0 saturated carbocycles. The van der Waals surface area contributed by atoms with E-state index in [1.54, 1.807) is 0 Å². The van der Waals surface area contributed by atoms with Gasteiger partial charge in [0.05, 0.1) is 0 Å². The van der Waals surface area contributed by atoms with E-state index in [0.717, 1.165) is 6.26 Å². The number of aromatic nitrogens is 1. The van der Waals surface area contributed by atoms with Crippen LogP contribution in [0.15, 0.2) is 4.52 Å². The molecule has 0 bridgehead atoms. The lowest BCUT2D eigenvalue weighted by Gasteiger charge is -2.04. The number of sulfone groups is 1. The lowest BCUT2D eigenvalue weighted by Crippen LogP contribution is -2.08. The van der Waals surface area contributed by atoms with Crippen LogP contribution in [0.1, 0.15) is 17.9 Å². The molecule has 0 amide bonds. The van der Waals surface area contributed by atoms with Crippen LogP contribution in [-0.2, 0) is 9.84 Å². The van der Waals surface area contributed by atoms with E-state index in [9.17, 15) is 8.42 Å². The van der Waals surface area contributed by atoms with Gasteiger partial charge in [-0.25, -0.2) is 8.42 Å². The SMILES string of the molecule is CC(c1onc(N)c1I)S(C)(=O)=O. The fourth-order valence-corrected chi connectivity index (χ4v) is 2.18. The Morgan fingerprint density at radius 2 is 2.15 bits per heavy atom. The Bertz CT molecular complexity index is 412. The van der Waals surface area contributed by atoms with Crippen LogP contribution >= 0.6 is 22.6 Å². The van der Waals surface area contributed by atoms with Crippen molar-refractivity contribution in [2.45, 2.75) is 12.2 Å². The summed E-state index contributed by atoms with van der Waals surface area (Å²) in [5.74, 6) is 0.534. The van der Waals surface area contributed by atoms with Crippen LogP contribution in [0.3, 0.4) is 0 Å². The van der Waals surface area contributed by atoms with Crippen LogP contribution in [-0.4, -0.2) is 19.8 Å². The number of rotatable bonds is 2. The normalized spacial score (nSPS) is 14.4. The Labute approximate surface area is 89.7 Å². The van der Waals surface area contributed by atoms with Gasteiger partial charge in [0.15, 0.2) is 21.4 Å². The smallest absolute Gasteiger partial charge is 0.180 e. The molecule has 0 aliphatic carbocycles. The summed E-state index contributed by atoms with van der Waals surface area (Å²) in [4.78, 5) is 0. The maximum Gasteiger partial charge on any atom is 0.180 e. The van der Waals surface area contributed by atoms with Crippen LogP contribution in [0.25, 0.3) is 0 Å². The third kappa shape index (κ3) is 2.13. The second kappa shape index (κ2) is 3.45.